The lowest BCUT2D eigenvalue weighted by atomic mass is 9.83. The van der Waals surface area contributed by atoms with Crippen LogP contribution in [0.1, 0.15) is 73.1 Å². The van der Waals surface area contributed by atoms with E-state index in [-0.39, 0.29) is 18.1 Å². The van der Waals surface area contributed by atoms with Gasteiger partial charge in [-0.2, -0.15) is 0 Å². The highest BCUT2D eigenvalue weighted by atomic mass is 16.6. The Morgan fingerprint density at radius 3 is 2.42 bits per heavy atom. The van der Waals surface area contributed by atoms with E-state index in [0.29, 0.717) is 24.3 Å². The molecule has 0 aliphatic carbocycles. The van der Waals surface area contributed by atoms with E-state index in [1.807, 2.05) is 82.3 Å². The number of hydrogen-bond acceptors (Lipinski definition) is 6. The van der Waals surface area contributed by atoms with Crippen LogP contribution in [-0.2, 0) is 9.47 Å². The lowest BCUT2D eigenvalue weighted by Crippen LogP contribution is -2.45. The van der Waals surface area contributed by atoms with Gasteiger partial charge in [-0.25, -0.2) is 9.59 Å². The average molecular weight is 582 g/mol. The van der Waals surface area contributed by atoms with Crippen LogP contribution in [-0.4, -0.2) is 49.4 Å². The Balaban J connectivity index is 1.52. The van der Waals surface area contributed by atoms with Crippen molar-refractivity contribution >= 4 is 22.8 Å². The van der Waals surface area contributed by atoms with Gasteiger partial charge in [-0.15, -0.1) is 0 Å². The van der Waals surface area contributed by atoms with Gasteiger partial charge in [0.15, 0.2) is 0 Å². The topological polar surface area (TPSA) is 74.3 Å². The molecule has 0 saturated heterocycles. The van der Waals surface area contributed by atoms with E-state index in [1.54, 1.807) is 11.0 Å². The molecule has 43 heavy (non-hydrogen) atoms. The summed E-state index contributed by atoms with van der Waals surface area (Å²) in [6.45, 7) is 7.96. The summed E-state index contributed by atoms with van der Waals surface area (Å²) in [4.78, 5) is 28.2. The highest BCUT2D eigenvalue weighted by Gasteiger charge is 2.35. The summed E-state index contributed by atoms with van der Waals surface area (Å²) in [5, 5.41) is 2.20. The van der Waals surface area contributed by atoms with Crippen molar-refractivity contribution in [2.45, 2.75) is 57.8 Å². The number of fused-ring (bicyclic) bond motifs is 2. The fourth-order valence-corrected chi connectivity index (χ4v) is 5.85. The first kappa shape index (κ1) is 30.0. The van der Waals surface area contributed by atoms with Gasteiger partial charge in [-0.3, -0.25) is 4.90 Å². The summed E-state index contributed by atoms with van der Waals surface area (Å²) in [5.41, 5.74) is 2.69. The zero-order valence-electron chi connectivity index (χ0n) is 25.6. The SMILES string of the molecule is COC(=O)c1cc(C2CC(CN(C(=O)OC(C)(C)C)C(C)c3cccc4ccccc34)Oc3ccccc32)ccc1OC. The van der Waals surface area contributed by atoms with Crippen LogP contribution in [0.2, 0.25) is 0 Å². The lowest BCUT2D eigenvalue weighted by molar-refractivity contribution is 0.00569. The Kier molecular flexibility index (Phi) is 8.62. The fourth-order valence-electron chi connectivity index (χ4n) is 5.85. The molecule has 4 aromatic rings. The molecule has 1 aliphatic heterocycles. The number of carbonyl (C=O) groups excluding carboxylic acids is 2. The standard InChI is InChI=1S/C36H39NO6/c1-23(27-16-11-13-24-12-7-8-14-28(24)27)37(35(39)43-36(2,3)4)22-26-21-30(29-15-9-10-17-33(29)42-26)25-18-19-32(40-5)31(20-25)34(38)41-6/h7-20,23,26,30H,21-22H2,1-6H3. The third-order valence-electron chi connectivity index (χ3n) is 7.89. The molecule has 7 nitrogen and oxygen atoms in total. The van der Waals surface area contributed by atoms with E-state index in [2.05, 4.69) is 24.3 Å². The van der Waals surface area contributed by atoms with Crippen molar-refractivity contribution in [1.82, 2.24) is 4.90 Å². The smallest absolute Gasteiger partial charge is 0.410 e. The number of nitrogens with zero attached hydrogens (tertiary/aromatic N) is 1. The first-order valence-electron chi connectivity index (χ1n) is 14.6. The minimum Gasteiger partial charge on any atom is -0.496 e. The molecule has 0 fully saturated rings. The van der Waals surface area contributed by atoms with Crippen LogP contribution in [0.4, 0.5) is 4.79 Å². The number of rotatable bonds is 7. The highest BCUT2D eigenvalue weighted by Crippen LogP contribution is 2.42. The monoisotopic (exact) mass is 581 g/mol. The lowest BCUT2D eigenvalue weighted by Gasteiger charge is -2.38. The fraction of sp³-hybridized carbons (Fsp3) is 0.333. The molecule has 1 heterocycles. The Labute approximate surface area is 253 Å². The van der Waals surface area contributed by atoms with Crippen molar-refractivity contribution in [3.63, 3.8) is 0 Å². The molecule has 0 radical (unpaired) electrons. The van der Waals surface area contributed by atoms with Crippen molar-refractivity contribution in [2.24, 2.45) is 0 Å². The van der Waals surface area contributed by atoms with Gasteiger partial charge in [0.2, 0.25) is 0 Å². The predicted octanol–water partition coefficient (Wildman–Crippen LogP) is 7.92. The maximum absolute atomic E-state index is 13.8. The maximum atomic E-state index is 13.8. The molecule has 7 heteroatoms. The summed E-state index contributed by atoms with van der Waals surface area (Å²) < 4.78 is 22.9. The molecule has 3 atom stereocenters. The van der Waals surface area contributed by atoms with Gasteiger partial charge in [0.1, 0.15) is 28.8 Å². The second kappa shape index (κ2) is 12.4. The minimum absolute atomic E-state index is 0.0855. The van der Waals surface area contributed by atoms with Crippen molar-refractivity contribution < 1.29 is 28.5 Å². The second-order valence-electron chi connectivity index (χ2n) is 11.9. The summed E-state index contributed by atoms with van der Waals surface area (Å²) >= 11 is 0. The third-order valence-corrected chi connectivity index (χ3v) is 7.89. The van der Waals surface area contributed by atoms with Crippen LogP contribution in [0.3, 0.4) is 0 Å². The van der Waals surface area contributed by atoms with Crippen molar-refractivity contribution in [2.75, 3.05) is 20.8 Å². The van der Waals surface area contributed by atoms with Gasteiger partial charge in [-0.05, 0) is 74.2 Å². The van der Waals surface area contributed by atoms with Crippen molar-refractivity contribution in [3.8, 4) is 11.5 Å². The number of ether oxygens (including phenoxy) is 4. The first-order valence-corrected chi connectivity index (χ1v) is 14.6. The molecular formula is C36H39NO6. The molecule has 4 aromatic carbocycles. The summed E-state index contributed by atoms with van der Waals surface area (Å²) in [7, 11) is 2.89. The molecule has 3 unspecified atom stereocenters. The van der Waals surface area contributed by atoms with Gasteiger partial charge < -0.3 is 18.9 Å². The Morgan fingerprint density at radius 2 is 1.67 bits per heavy atom. The molecule has 0 aromatic heterocycles. The van der Waals surface area contributed by atoms with Gasteiger partial charge >= 0.3 is 12.1 Å². The number of carbonyl (C=O) groups is 2. The zero-order valence-corrected chi connectivity index (χ0v) is 25.6. The van der Waals surface area contributed by atoms with E-state index < -0.39 is 17.7 Å². The summed E-state index contributed by atoms with van der Waals surface area (Å²) in [6, 6.07) is 27.6. The molecule has 0 saturated carbocycles. The van der Waals surface area contributed by atoms with E-state index in [0.717, 1.165) is 33.2 Å². The largest absolute Gasteiger partial charge is 0.496 e. The zero-order chi connectivity index (χ0) is 30.7. The van der Waals surface area contributed by atoms with E-state index in [9.17, 15) is 9.59 Å². The number of methoxy groups -OCH3 is 2. The number of para-hydroxylation sites is 1. The predicted molar refractivity (Wildman–Crippen MR) is 167 cm³/mol. The van der Waals surface area contributed by atoms with E-state index in [4.69, 9.17) is 18.9 Å². The molecule has 5 rings (SSSR count). The normalized spacial score (nSPS) is 16.9. The van der Waals surface area contributed by atoms with Crippen LogP contribution in [0.25, 0.3) is 10.8 Å². The number of benzene rings is 4. The van der Waals surface area contributed by atoms with Gasteiger partial charge in [0, 0.05) is 11.5 Å². The molecule has 1 amide bonds. The number of esters is 1. The Bertz CT molecular complexity index is 1620. The summed E-state index contributed by atoms with van der Waals surface area (Å²) in [6.07, 6.45) is -0.149. The molecule has 224 valence electrons. The van der Waals surface area contributed by atoms with Gasteiger partial charge in [-0.1, -0.05) is 66.7 Å². The maximum Gasteiger partial charge on any atom is 0.410 e. The van der Waals surface area contributed by atoms with E-state index >= 15 is 0 Å². The van der Waals surface area contributed by atoms with E-state index in [1.165, 1.54) is 14.2 Å². The highest BCUT2D eigenvalue weighted by molar-refractivity contribution is 5.92. The minimum atomic E-state index is -0.663. The second-order valence-corrected chi connectivity index (χ2v) is 11.9. The average Bonchev–Trinajstić information content (AvgIpc) is 3.01. The van der Waals surface area contributed by atoms with Crippen molar-refractivity contribution in [3.05, 3.63) is 107 Å². The molecule has 0 N–H and O–H groups in total. The van der Waals surface area contributed by atoms with Gasteiger partial charge in [0.25, 0.3) is 0 Å². The van der Waals surface area contributed by atoms with Crippen LogP contribution in [0, 0.1) is 0 Å². The number of hydrogen-bond donors (Lipinski definition) is 0. The van der Waals surface area contributed by atoms with Crippen LogP contribution in [0.15, 0.2) is 84.9 Å². The Morgan fingerprint density at radius 1 is 0.953 bits per heavy atom. The van der Waals surface area contributed by atoms with Crippen LogP contribution >= 0.6 is 0 Å². The molecule has 1 aliphatic rings. The molecule has 0 bridgehead atoms. The Hall–Kier alpha value is -4.52. The third kappa shape index (κ3) is 6.46. The van der Waals surface area contributed by atoms with Crippen LogP contribution in [0.5, 0.6) is 11.5 Å². The molecule has 0 spiro atoms. The quantitative estimate of drug-likeness (QED) is 0.207. The van der Waals surface area contributed by atoms with Crippen molar-refractivity contribution in [1.29, 1.82) is 0 Å². The summed E-state index contributed by atoms with van der Waals surface area (Å²) in [5.74, 6) is 0.655. The number of amides is 1. The van der Waals surface area contributed by atoms with Crippen LogP contribution < -0.4 is 9.47 Å². The first-order chi connectivity index (χ1) is 20.6. The van der Waals surface area contributed by atoms with Gasteiger partial charge in [0.05, 0.1) is 26.8 Å². The molecular weight excluding hydrogens is 542 g/mol.